The van der Waals surface area contributed by atoms with E-state index in [1.54, 1.807) is 6.20 Å². The minimum absolute atomic E-state index is 0.0911. The van der Waals surface area contributed by atoms with Crippen LogP contribution in [0.25, 0.3) is 11.3 Å². The van der Waals surface area contributed by atoms with Crippen LogP contribution in [0.3, 0.4) is 0 Å². The van der Waals surface area contributed by atoms with Crippen LogP contribution in [-0.4, -0.2) is 10.8 Å². The molecule has 0 saturated heterocycles. The molecule has 2 aromatic carbocycles. The Morgan fingerprint density at radius 3 is 2.65 bits per heavy atom. The third-order valence-corrected chi connectivity index (χ3v) is 3.92. The second-order valence-corrected chi connectivity index (χ2v) is 5.70. The monoisotopic (exact) mass is 303 g/mol. The molecule has 1 aromatic heterocycles. The summed E-state index contributed by atoms with van der Waals surface area (Å²) in [6.45, 7) is 4.44. The topological polar surface area (TPSA) is 33.8 Å². The maximum Gasteiger partial charge on any atom is 0.231 e. The van der Waals surface area contributed by atoms with Crippen molar-refractivity contribution in [3.05, 3.63) is 83.8 Å². The lowest BCUT2D eigenvalue weighted by molar-refractivity contribution is -0.672. The van der Waals surface area contributed by atoms with Crippen LogP contribution < -0.4 is 4.57 Å². The highest BCUT2D eigenvalue weighted by atomic mass is 16.1. The van der Waals surface area contributed by atoms with Crippen LogP contribution in [0.4, 0.5) is 0 Å². The lowest BCUT2D eigenvalue weighted by Gasteiger charge is -2.07. The number of aryl methyl sites for hydroxylation is 2. The highest BCUT2D eigenvalue weighted by Gasteiger charge is 2.19. The molecule has 0 fully saturated rings. The van der Waals surface area contributed by atoms with Crippen molar-refractivity contribution in [3.63, 3.8) is 0 Å². The summed E-state index contributed by atoms with van der Waals surface area (Å²) in [5, 5.41) is 0. The van der Waals surface area contributed by atoms with Gasteiger partial charge in [-0.2, -0.15) is 4.57 Å². The molecule has 114 valence electrons. The Morgan fingerprint density at radius 1 is 1.09 bits per heavy atom. The summed E-state index contributed by atoms with van der Waals surface area (Å²) in [6.07, 6.45) is 5.39. The molecule has 0 saturated carbocycles. The molecule has 0 bridgehead atoms. The van der Waals surface area contributed by atoms with Gasteiger partial charge in [0.25, 0.3) is 0 Å². The van der Waals surface area contributed by atoms with E-state index >= 15 is 0 Å². The molecule has 1 heterocycles. The van der Waals surface area contributed by atoms with Gasteiger partial charge in [-0.25, -0.2) is 0 Å². The molecule has 0 amide bonds. The van der Waals surface area contributed by atoms with Gasteiger partial charge in [0.05, 0.1) is 18.0 Å². The Balaban J connectivity index is 1.99. The summed E-state index contributed by atoms with van der Waals surface area (Å²) >= 11 is 0. The van der Waals surface area contributed by atoms with Crippen molar-refractivity contribution in [2.45, 2.75) is 20.4 Å². The summed E-state index contributed by atoms with van der Waals surface area (Å²) in [5.74, 6) is 0.0911. The summed E-state index contributed by atoms with van der Waals surface area (Å²) in [7, 11) is 0. The van der Waals surface area contributed by atoms with E-state index in [1.807, 2.05) is 47.3 Å². The molecular weight excluding hydrogens is 284 g/mol. The van der Waals surface area contributed by atoms with E-state index in [1.165, 1.54) is 11.1 Å². The van der Waals surface area contributed by atoms with E-state index in [9.17, 15) is 4.79 Å². The van der Waals surface area contributed by atoms with Crippen LogP contribution in [0.5, 0.6) is 0 Å². The van der Waals surface area contributed by atoms with Crippen LogP contribution >= 0.6 is 0 Å². The lowest BCUT2D eigenvalue weighted by Crippen LogP contribution is -2.40. The van der Waals surface area contributed by atoms with E-state index in [0.717, 1.165) is 16.8 Å². The third-order valence-electron chi connectivity index (χ3n) is 3.92. The Kier molecular flexibility index (Phi) is 4.29. The number of benzene rings is 2. The SMILES string of the molecule is Cc1ccc(C)c(-c2cncc[n+]2CC(=O)c2ccccc2)c1. The predicted octanol–water partition coefficient (Wildman–Crippen LogP) is 3.54. The molecule has 0 aliphatic rings. The van der Waals surface area contributed by atoms with Crippen molar-refractivity contribution in [2.24, 2.45) is 0 Å². The highest BCUT2D eigenvalue weighted by Crippen LogP contribution is 2.21. The zero-order valence-electron chi connectivity index (χ0n) is 13.4. The fourth-order valence-corrected chi connectivity index (χ4v) is 2.63. The number of hydrogen-bond acceptors (Lipinski definition) is 2. The summed E-state index contributed by atoms with van der Waals surface area (Å²) in [4.78, 5) is 16.7. The fraction of sp³-hybridized carbons (Fsp3) is 0.150. The molecule has 0 atom stereocenters. The van der Waals surface area contributed by atoms with Gasteiger partial charge in [0.15, 0.2) is 6.20 Å². The molecule has 0 N–H and O–H groups in total. The van der Waals surface area contributed by atoms with Crippen molar-refractivity contribution in [2.75, 3.05) is 0 Å². The molecule has 23 heavy (non-hydrogen) atoms. The van der Waals surface area contributed by atoms with Crippen LogP contribution in [0.1, 0.15) is 21.5 Å². The van der Waals surface area contributed by atoms with Crippen LogP contribution in [0.15, 0.2) is 67.1 Å². The Bertz CT molecular complexity index is 841. The number of ketones is 1. The van der Waals surface area contributed by atoms with E-state index in [-0.39, 0.29) is 5.78 Å². The minimum atomic E-state index is 0.0911. The smallest absolute Gasteiger partial charge is 0.231 e. The van der Waals surface area contributed by atoms with Crippen molar-refractivity contribution in [1.82, 2.24) is 4.98 Å². The molecule has 0 unspecified atom stereocenters. The maximum absolute atomic E-state index is 12.5. The summed E-state index contributed by atoms with van der Waals surface area (Å²) in [6, 6.07) is 15.7. The number of nitrogens with zero attached hydrogens (tertiary/aromatic N) is 2. The summed E-state index contributed by atoms with van der Waals surface area (Å²) < 4.78 is 1.96. The lowest BCUT2D eigenvalue weighted by atomic mass is 10.0. The molecule has 0 spiro atoms. The van der Waals surface area contributed by atoms with E-state index in [4.69, 9.17) is 0 Å². The van der Waals surface area contributed by atoms with Crippen LogP contribution in [0.2, 0.25) is 0 Å². The molecule has 3 heteroatoms. The molecule has 0 aliphatic carbocycles. The van der Waals surface area contributed by atoms with Gasteiger partial charge in [-0.15, -0.1) is 0 Å². The van der Waals surface area contributed by atoms with E-state index in [2.05, 4.69) is 37.0 Å². The molecule has 3 rings (SSSR count). The average Bonchev–Trinajstić information content (AvgIpc) is 2.58. The van der Waals surface area contributed by atoms with Crippen molar-refractivity contribution < 1.29 is 9.36 Å². The normalized spacial score (nSPS) is 10.5. The van der Waals surface area contributed by atoms with Gasteiger partial charge in [0.2, 0.25) is 18.0 Å². The molecule has 3 nitrogen and oxygen atoms in total. The van der Waals surface area contributed by atoms with Crippen molar-refractivity contribution in [1.29, 1.82) is 0 Å². The zero-order chi connectivity index (χ0) is 16.2. The number of carbonyl (C=O) groups excluding carboxylic acids is 1. The average molecular weight is 303 g/mol. The number of Topliss-reactive ketones (excluding diaryl/α,β-unsaturated/α-hetero) is 1. The first-order valence-electron chi connectivity index (χ1n) is 7.64. The van der Waals surface area contributed by atoms with E-state index in [0.29, 0.717) is 6.54 Å². The Labute approximate surface area is 136 Å². The number of hydrogen-bond donors (Lipinski definition) is 0. The van der Waals surface area contributed by atoms with Gasteiger partial charge in [0, 0.05) is 5.56 Å². The van der Waals surface area contributed by atoms with Gasteiger partial charge in [-0.3, -0.25) is 9.78 Å². The number of rotatable bonds is 4. The number of aromatic nitrogens is 2. The Hall–Kier alpha value is -2.81. The quantitative estimate of drug-likeness (QED) is 0.546. The van der Waals surface area contributed by atoms with E-state index < -0.39 is 0 Å². The van der Waals surface area contributed by atoms with Gasteiger partial charge in [-0.1, -0.05) is 48.0 Å². The minimum Gasteiger partial charge on any atom is -0.287 e. The maximum atomic E-state index is 12.5. The predicted molar refractivity (Wildman–Crippen MR) is 90.1 cm³/mol. The standard InChI is InChI=1S/C20H19N2O/c1-15-8-9-16(2)18(12-15)19-13-21-10-11-22(19)14-20(23)17-6-4-3-5-7-17/h3-13H,14H2,1-2H3/q+1. The van der Waals surface area contributed by atoms with Gasteiger partial charge in [-0.05, 0) is 25.5 Å². The fourth-order valence-electron chi connectivity index (χ4n) is 2.63. The van der Waals surface area contributed by atoms with Crippen molar-refractivity contribution in [3.8, 4) is 11.3 Å². The van der Waals surface area contributed by atoms with Crippen molar-refractivity contribution >= 4 is 5.78 Å². The van der Waals surface area contributed by atoms with Crippen LogP contribution in [-0.2, 0) is 6.54 Å². The van der Waals surface area contributed by atoms with Gasteiger partial charge in [0.1, 0.15) is 0 Å². The molecular formula is C20H19N2O+. The first-order valence-corrected chi connectivity index (χ1v) is 7.64. The molecule has 0 aliphatic heterocycles. The van der Waals surface area contributed by atoms with Crippen LogP contribution in [0, 0.1) is 13.8 Å². The summed E-state index contributed by atoms with van der Waals surface area (Å²) in [5.41, 5.74) is 5.15. The zero-order valence-corrected chi connectivity index (χ0v) is 13.4. The second-order valence-electron chi connectivity index (χ2n) is 5.70. The first kappa shape index (κ1) is 15.1. The highest BCUT2D eigenvalue weighted by molar-refractivity contribution is 5.95. The third kappa shape index (κ3) is 3.34. The van der Waals surface area contributed by atoms with Gasteiger partial charge >= 0.3 is 0 Å². The molecule has 3 aromatic rings. The van der Waals surface area contributed by atoms with Gasteiger partial charge < -0.3 is 0 Å². The second kappa shape index (κ2) is 6.53. The number of carbonyl (C=O) groups is 1. The first-order chi connectivity index (χ1) is 11.1. The largest absolute Gasteiger partial charge is 0.287 e. The molecule has 0 radical (unpaired) electrons. The Morgan fingerprint density at radius 2 is 1.87 bits per heavy atom.